The molecule has 8 rings (SSSR count). The first-order valence-electron chi connectivity index (χ1n) is 15.0. The average Bonchev–Trinajstić information content (AvgIpc) is 3.47. The van der Waals surface area contributed by atoms with Gasteiger partial charge in [0, 0.05) is 40.2 Å². The van der Waals surface area contributed by atoms with Gasteiger partial charge in [0.25, 0.3) is 0 Å². The lowest BCUT2D eigenvalue weighted by Crippen LogP contribution is -2.54. The number of piperidine rings is 1. The zero-order valence-electron chi connectivity index (χ0n) is 23.7. The third-order valence-corrected chi connectivity index (χ3v) is 10.6. The number of benzene rings is 2. The van der Waals surface area contributed by atoms with E-state index in [-0.39, 0.29) is 41.1 Å². The van der Waals surface area contributed by atoms with Crippen LogP contribution in [0.2, 0.25) is 0 Å². The maximum absolute atomic E-state index is 13.1. The van der Waals surface area contributed by atoms with Crippen LogP contribution in [0.5, 0.6) is 5.75 Å². The lowest BCUT2D eigenvalue weighted by molar-refractivity contribution is -0.274. The quantitative estimate of drug-likeness (QED) is 0.211. The molecule has 2 aliphatic heterocycles. The Balaban J connectivity index is 0.953. The number of hydrogen-bond acceptors (Lipinski definition) is 8. The van der Waals surface area contributed by atoms with Crippen molar-refractivity contribution < 1.29 is 37.1 Å². The fraction of sp³-hybridized carbons (Fsp3) is 0.469. The minimum Gasteiger partial charge on any atom is -0.476 e. The lowest BCUT2D eigenvalue weighted by atomic mass is 9.59. The number of nitrogens with zero attached hydrogens (tertiary/aromatic N) is 3. The number of aromatic carboxylic acids is 1. The molecule has 1 N–H and O–H groups in total. The monoisotopic (exact) mass is 625 g/mol. The second kappa shape index (κ2) is 10.2. The zero-order valence-corrected chi connectivity index (χ0v) is 24.5. The third kappa shape index (κ3) is 4.92. The number of para-hydroxylation sites is 1. The normalized spacial score (nSPS) is 26.3. The van der Waals surface area contributed by atoms with Crippen LogP contribution in [-0.4, -0.2) is 45.2 Å². The van der Waals surface area contributed by atoms with E-state index in [9.17, 15) is 23.1 Å². The number of halogens is 3. The lowest BCUT2D eigenvalue weighted by Gasteiger charge is -2.55. The molecule has 4 fully saturated rings. The van der Waals surface area contributed by atoms with E-state index in [1.807, 2.05) is 12.1 Å². The molecule has 230 valence electrons. The van der Waals surface area contributed by atoms with Gasteiger partial charge in [0.15, 0.2) is 5.69 Å². The molecule has 2 saturated heterocycles. The second-order valence-corrected chi connectivity index (χ2v) is 13.6. The van der Waals surface area contributed by atoms with Crippen molar-refractivity contribution in [3.05, 3.63) is 59.5 Å². The first kappa shape index (κ1) is 27.9. The Kier molecular flexibility index (Phi) is 6.46. The van der Waals surface area contributed by atoms with E-state index in [4.69, 9.17) is 9.26 Å². The van der Waals surface area contributed by atoms with E-state index in [0.717, 1.165) is 61.8 Å². The van der Waals surface area contributed by atoms with Crippen LogP contribution in [0.25, 0.3) is 21.3 Å². The molecule has 4 heterocycles. The highest BCUT2D eigenvalue weighted by molar-refractivity contribution is 7.13. The molecule has 1 spiro atoms. The van der Waals surface area contributed by atoms with Crippen LogP contribution in [0.4, 0.5) is 18.9 Å². The summed E-state index contributed by atoms with van der Waals surface area (Å²) in [6, 6.07) is 12.9. The molecule has 12 heteroatoms. The van der Waals surface area contributed by atoms with Crippen LogP contribution in [0.15, 0.2) is 47.0 Å². The summed E-state index contributed by atoms with van der Waals surface area (Å²) in [5.41, 5.74) is 2.77. The van der Waals surface area contributed by atoms with Crippen molar-refractivity contribution in [1.82, 2.24) is 9.53 Å². The zero-order chi connectivity index (χ0) is 30.2. The molecule has 2 aliphatic carbocycles. The smallest absolute Gasteiger partial charge is 0.476 e. The molecule has 2 aromatic heterocycles. The number of carboxylic acids is 1. The number of fused-ring (bicyclic) bond motifs is 3. The molecule has 0 radical (unpaired) electrons. The maximum atomic E-state index is 13.1. The fourth-order valence-corrected chi connectivity index (χ4v) is 8.68. The van der Waals surface area contributed by atoms with Crippen molar-refractivity contribution in [2.24, 2.45) is 5.41 Å². The minimum atomic E-state index is -4.82. The predicted octanol–water partition coefficient (Wildman–Crippen LogP) is 7.92. The number of anilines is 1. The molecular weight excluding hydrogens is 595 g/mol. The van der Waals surface area contributed by atoms with Gasteiger partial charge in [0.05, 0.1) is 17.4 Å². The summed E-state index contributed by atoms with van der Waals surface area (Å²) in [6.45, 7) is 0.234. The van der Waals surface area contributed by atoms with Crippen molar-refractivity contribution in [1.29, 1.82) is 0 Å². The van der Waals surface area contributed by atoms with Gasteiger partial charge in [-0.05, 0) is 98.6 Å². The second-order valence-electron chi connectivity index (χ2n) is 12.8. The van der Waals surface area contributed by atoms with E-state index >= 15 is 0 Å². The number of carboxylic acid groups (broad SMARTS) is 1. The number of ether oxygens (including phenoxy) is 2. The molecule has 4 aliphatic rings. The van der Waals surface area contributed by atoms with Gasteiger partial charge in [0.2, 0.25) is 0 Å². The molecule has 0 amide bonds. The molecule has 4 aromatic rings. The number of hydrogen-bond donors (Lipinski definition) is 1. The Morgan fingerprint density at radius 3 is 2.52 bits per heavy atom. The molecular formula is C32H30F3N3O5S. The van der Waals surface area contributed by atoms with Gasteiger partial charge in [-0.3, -0.25) is 0 Å². The summed E-state index contributed by atoms with van der Waals surface area (Å²) < 4.78 is 60.8. The molecule has 2 aromatic carbocycles. The van der Waals surface area contributed by atoms with E-state index in [2.05, 4.69) is 25.2 Å². The molecule has 8 nitrogen and oxygen atoms in total. The standard InChI is InChI=1S/C32H30F3N3O5S/c33-32(34,35)42-25-4-2-1-3-22(25)27-24(29(43-36-27)17-5-6-17)16-41-21-14-31(15-21)12-19-7-8-20(13-31)38(19)18-9-10-23-26(11-18)44-37-28(23)30(39)40/h1-4,9-11,17,19-21H,5-8,12-16H2,(H,39,40). The van der Waals surface area contributed by atoms with Gasteiger partial charge in [-0.25, -0.2) is 4.79 Å². The van der Waals surface area contributed by atoms with Gasteiger partial charge in [-0.2, -0.15) is 4.37 Å². The summed E-state index contributed by atoms with van der Waals surface area (Å²) in [7, 11) is 0. The van der Waals surface area contributed by atoms with Crippen LogP contribution >= 0.6 is 11.5 Å². The number of aromatic nitrogens is 2. The number of carbonyl (C=O) groups is 1. The van der Waals surface area contributed by atoms with Crippen LogP contribution in [0, 0.1) is 5.41 Å². The molecule has 2 unspecified atom stereocenters. The van der Waals surface area contributed by atoms with E-state index < -0.39 is 12.3 Å². The Bertz CT molecular complexity index is 1730. The van der Waals surface area contributed by atoms with Gasteiger partial charge >= 0.3 is 12.3 Å². The first-order valence-corrected chi connectivity index (χ1v) is 15.8. The third-order valence-electron chi connectivity index (χ3n) is 9.83. The Morgan fingerprint density at radius 1 is 1.07 bits per heavy atom. The maximum Gasteiger partial charge on any atom is 0.573 e. The van der Waals surface area contributed by atoms with E-state index in [1.165, 1.54) is 23.7 Å². The fourth-order valence-electron chi connectivity index (χ4n) is 7.88. The molecule has 2 atom stereocenters. The SMILES string of the molecule is O=C(O)c1nsc2cc(N3C4CCC3CC3(CC(OCc5c(-c6ccccc6OC(F)(F)F)noc5C5CC5)C3)C4)ccc12. The highest BCUT2D eigenvalue weighted by Crippen LogP contribution is 2.58. The summed E-state index contributed by atoms with van der Waals surface area (Å²) in [5, 5.41) is 14.3. The van der Waals surface area contributed by atoms with Crippen LogP contribution in [0.1, 0.15) is 79.1 Å². The minimum absolute atomic E-state index is 0.0698. The molecule has 2 saturated carbocycles. The van der Waals surface area contributed by atoms with Gasteiger partial charge in [0.1, 0.15) is 17.2 Å². The first-order chi connectivity index (χ1) is 21.2. The average molecular weight is 626 g/mol. The van der Waals surface area contributed by atoms with Crippen LogP contribution in [-0.2, 0) is 11.3 Å². The number of alkyl halides is 3. The summed E-state index contributed by atoms with van der Waals surface area (Å²) in [6.07, 6.45) is 3.52. The van der Waals surface area contributed by atoms with Crippen molar-refractivity contribution in [2.45, 2.75) is 88.4 Å². The van der Waals surface area contributed by atoms with Crippen molar-refractivity contribution in [3.8, 4) is 17.0 Å². The van der Waals surface area contributed by atoms with Gasteiger partial charge < -0.3 is 24.0 Å². The highest BCUT2D eigenvalue weighted by atomic mass is 32.1. The Hall–Kier alpha value is -3.64. The molecule has 2 bridgehead atoms. The van der Waals surface area contributed by atoms with Crippen molar-refractivity contribution >= 4 is 33.3 Å². The Labute approximate surface area is 254 Å². The largest absolute Gasteiger partial charge is 0.573 e. The summed E-state index contributed by atoms with van der Waals surface area (Å²) in [5.74, 6) is -0.387. The number of rotatable bonds is 8. The summed E-state index contributed by atoms with van der Waals surface area (Å²) in [4.78, 5) is 14.0. The van der Waals surface area contributed by atoms with Gasteiger partial charge in [-0.1, -0.05) is 17.3 Å². The van der Waals surface area contributed by atoms with Crippen molar-refractivity contribution in [2.75, 3.05) is 4.90 Å². The Morgan fingerprint density at radius 2 is 1.82 bits per heavy atom. The van der Waals surface area contributed by atoms with Gasteiger partial charge in [-0.15, -0.1) is 13.2 Å². The van der Waals surface area contributed by atoms with Crippen LogP contribution in [0.3, 0.4) is 0 Å². The summed E-state index contributed by atoms with van der Waals surface area (Å²) >= 11 is 1.23. The van der Waals surface area contributed by atoms with Crippen molar-refractivity contribution in [3.63, 3.8) is 0 Å². The van der Waals surface area contributed by atoms with E-state index in [0.29, 0.717) is 34.5 Å². The van der Waals surface area contributed by atoms with E-state index in [1.54, 1.807) is 12.1 Å². The predicted molar refractivity (Wildman–Crippen MR) is 156 cm³/mol. The molecule has 44 heavy (non-hydrogen) atoms. The highest BCUT2D eigenvalue weighted by Gasteiger charge is 2.54. The van der Waals surface area contributed by atoms with Crippen LogP contribution < -0.4 is 9.64 Å². The topological polar surface area (TPSA) is 97.9 Å².